The molecule has 0 saturated heterocycles. The highest BCUT2D eigenvalue weighted by Gasteiger charge is 2.34. The number of nitrogens with zero attached hydrogens (tertiary/aromatic N) is 2. The number of pyridine rings is 1. The van der Waals surface area contributed by atoms with E-state index < -0.39 is 0 Å². The van der Waals surface area contributed by atoms with E-state index in [9.17, 15) is 10.1 Å². The Morgan fingerprint density at radius 3 is 2.62 bits per heavy atom. The van der Waals surface area contributed by atoms with Gasteiger partial charge in [-0.05, 0) is 24.8 Å². The summed E-state index contributed by atoms with van der Waals surface area (Å²) >= 11 is 0. The topological polar surface area (TPSA) is 81.0 Å². The summed E-state index contributed by atoms with van der Waals surface area (Å²) in [7, 11) is 0. The molecule has 2 heterocycles. The fourth-order valence-electron chi connectivity index (χ4n) is 3.55. The van der Waals surface area contributed by atoms with Crippen LogP contribution in [0.4, 0.5) is 0 Å². The van der Waals surface area contributed by atoms with Crippen molar-refractivity contribution in [2.75, 3.05) is 0 Å². The number of aryl methyl sites for hydroxylation is 2. The average Bonchev–Trinajstić information content (AvgIpc) is 2.61. The van der Waals surface area contributed by atoms with Crippen LogP contribution in [0.2, 0.25) is 0 Å². The molecule has 5 heteroatoms. The molecule has 1 aromatic carbocycles. The Balaban J connectivity index is 2.06. The van der Waals surface area contributed by atoms with Gasteiger partial charge in [-0.1, -0.05) is 44.2 Å². The minimum absolute atomic E-state index is 0.0591. The van der Waals surface area contributed by atoms with E-state index in [4.69, 9.17) is 10.5 Å². The molecule has 2 aromatic rings. The zero-order valence-corrected chi connectivity index (χ0v) is 15.3. The second kappa shape index (κ2) is 7.09. The molecule has 1 aliphatic heterocycles. The zero-order valence-electron chi connectivity index (χ0n) is 15.3. The maximum Gasteiger partial charge on any atom is 0.258 e. The minimum Gasteiger partial charge on any atom is -0.440 e. The molecule has 0 amide bonds. The van der Waals surface area contributed by atoms with E-state index in [1.54, 1.807) is 4.57 Å². The van der Waals surface area contributed by atoms with Crippen molar-refractivity contribution in [3.05, 3.63) is 75.0 Å². The first-order chi connectivity index (χ1) is 12.4. The van der Waals surface area contributed by atoms with Crippen LogP contribution in [0.5, 0.6) is 5.75 Å². The molecule has 1 atom stereocenters. The molecule has 2 N–H and O–H groups in total. The SMILES string of the molecule is Cc1cc2c(c(=O)n1CCc1ccccc1)[C@H](C(C)C)C(C#N)=C(N)O2. The van der Waals surface area contributed by atoms with Crippen molar-refractivity contribution in [1.29, 1.82) is 5.26 Å². The van der Waals surface area contributed by atoms with Gasteiger partial charge >= 0.3 is 0 Å². The van der Waals surface area contributed by atoms with E-state index in [-0.39, 0.29) is 23.3 Å². The van der Waals surface area contributed by atoms with Crippen molar-refractivity contribution in [1.82, 2.24) is 4.57 Å². The molecule has 5 nitrogen and oxygen atoms in total. The summed E-state index contributed by atoms with van der Waals surface area (Å²) in [6.07, 6.45) is 0.761. The van der Waals surface area contributed by atoms with Gasteiger partial charge in [0.25, 0.3) is 5.56 Å². The van der Waals surface area contributed by atoms with Crippen LogP contribution < -0.4 is 16.0 Å². The minimum atomic E-state index is -0.347. The van der Waals surface area contributed by atoms with Gasteiger partial charge in [-0.3, -0.25) is 4.79 Å². The highest BCUT2D eigenvalue weighted by molar-refractivity contribution is 5.49. The number of ether oxygens (including phenoxy) is 1. The third-order valence-corrected chi connectivity index (χ3v) is 4.87. The van der Waals surface area contributed by atoms with Crippen LogP contribution in [-0.4, -0.2) is 4.57 Å². The molecular weight excluding hydrogens is 326 g/mol. The number of aromatic nitrogens is 1. The van der Waals surface area contributed by atoms with Gasteiger partial charge in [-0.2, -0.15) is 5.26 Å². The summed E-state index contributed by atoms with van der Waals surface area (Å²) in [5, 5.41) is 9.50. The van der Waals surface area contributed by atoms with Gasteiger partial charge in [0.15, 0.2) is 0 Å². The fourth-order valence-corrected chi connectivity index (χ4v) is 3.55. The van der Waals surface area contributed by atoms with Crippen LogP contribution in [0.3, 0.4) is 0 Å². The largest absolute Gasteiger partial charge is 0.440 e. The van der Waals surface area contributed by atoms with Crippen molar-refractivity contribution < 1.29 is 4.74 Å². The van der Waals surface area contributed by atoms with E-state index in [0.717, 1.165) is 12.1 Å². The Kier molecular flexibility index (Phi) is 4.85. The lowest BCUT2D eigenvalue weighted by atomic mass is 9.81. The molecule has 0 aliphatic carbocycles. The number of fused-ring (bicyclic) bond motifs is 1. The Labute approximate surface area is 153 Å². The predicted molar refractivity (Wildman–Crippen MR) is 101 cm³/mol. The third kappa shape index (κ3) is 3.11. The molecule has 0 unspecified atom stereocenters. The number of rotatable bonds is 4. The highest BCUT2D eigenvalue weighted by atomic mass is 16.5. The van der Waals surface area contributed by atoms with Gasteiger partial charge in [0.2, 0.25) is 5.88 Å². The van der Waals surface area contributed by atoms with Crippen LogP contribution in [0.15, 0.2) is 52.6 Å². The lowest BCUT2D eigenvalue weighted by Crippen LogP contribution is -2.34. The molecule has 0 radical (unpaired) electrons. The Morgan fingerprint density at radius 2 is 2.00 bits per heavy atom. The Hall–Kier alpha value is -3.00. The molecule has 3 rings (SSSR count). The maximum absolute atomic E-state index is 13.2. The summed E-state index contributed by atoms with van der Waals surface area (Å²) in [6, 6.07) is 14.0. The monoisotopic (exact) mass is 349 g/mol. The third-order valence-electron chi connectivity index (χ3n) is 4.87. The van der Waals surface area contributed by atoms with Crippen LogP contribution >= 0.6 is 0 Å². The molecule has 1 aromatic heterocycles. The smallest absolute Gasteiger partial charge is 0.258 e. The Bertz CT molecular complexity index is 950. The van der Waals surface area contributed by atoms with Crippen molar-refractivity contribution in [3.8, 4) is 11.8 Å². The lowest BCUT2D eigenvalue weighted by Gasteiger charge is -2.29. The molecular formula is C21H23N3O2. The van der Waals surface area contributed by atoms with E-state index in [0.29, 0.717) is 23.4 Å². The highest BCUT2D eigenvalue weighted by Crippen LogP contribution is 2.40. The maximum atomic E-state index is 13.2. The average molecular weight is 349 g/mol. The van der Waals surface area contributed by atoms with Gasteiger partial charge in [0.1, 0.15) is 11.8 Å². The second-order valence-corrected chi connectivity index (χ2v) is 6.97. The number of hydrogen-bond donors (Lipinski definition) is 1. The summed E-state index contributed by atoms with van der Waals surface area (Å²) < 4.78 is 7.38. The van der Waals surface area contributed by atoms with Gasteiger partial charge in [0.05, 0.1) is 11.1 Å². The first-order valence-corrected chi connectivity index (χ1v) is 8.80. The number of allylic oxidation sites excluding steroid dienone is 1. The van der Waals surface area contributed by atoms with E-state index >= 15 is 0 Å². The first-order valence-electron chi connectivity index (χ1n) is 8.80. The summed E-state index contributed by atoms with van der Waals surface area (Å²) in [4.78, 5) is 13.2. The normalized spacial score (nSPS) is 16.2. The summed E-state index contributed by atoms with van der Waals surface area (Å²) in [5.74, 6) is 0.279. The van der Waals surface area contributed by atoms with Crippen molar-refractivity contribution >= 4 is 0 Å². The van der Waals surface area contributed by atoms with E-state index in [1.165, 1.54) is 5.56 Å². The quantitative estimate of drug-likeness (QED) is 0.919. The fraction of sp³-hybridized carbons (Fsp3) is 0.333. The molecule has 134 valence electrons. The molecule has 26 heavy (non-hydrogen) atoms. The zero-order chi connectivity index (χ0) is 18.8. The summed E-state index contributed by atoms with van der Waals surface area (Å²) in [5.41, 5.74) is 8.69. The van der Waals surface area contributed by atoms with E-state index in [1.807, 2.05) is 45.0 Å². The van der Waals surface area contributed by atoms with E-state index in [2.05, 4.69) is 18.2 Å². The van der Waals surface area contributed by atoms with Crippen LogP contribution in [0.1, 0.15) is 36.6 Å². The van der Waals surface area contributed by atoms with Crippen LogP contribution in [0, 0.1) is 24.2 Å². The summed E-state index contributed by atoms with van der Waals surface area (Å²) in [6.45, 7) is 6.43. The van der Waals surface area contributed by atoms with Gasteiger partial charge in [0, 0.05) is 24.2 Å². The molecule has 0 bridgehead atoms. The van der Waals surface area contributed by atoms with Crippen molar-refractivity contribution in [2.24, 2.45) is 11.7 Å². The van der Waals surface area contributed by atoms with Crippen LogP contribution in [-0.2, 0) is 13.0 Å². The standard InChI is InChI=1S/C21H23N3O2/c1-13(2)18-16(12-22)20(23)26-17-11-14(3)24(21(25)19(17)18)10-9-15-7-5-4-6-8-15/h4-8,11,13,18H,9-10,23H2,1-3H3/t18-/m1/s1. The molecule has 1 aliphatic rings. The van der Waals surface area contributed by atoms with Gasteiger partial charge < -0.3 is 15.0 Å². The first kappa shape index (κ1) is 17.8. The van der Waals surface area contributed by atoms with Gasteiger partial charge in [-0.25, -0.2) is 0 Å². The van der Waals surface area contributed by atoms with Crippen molar-refractivity contribution in [3.63, 3.8) is 0 Å². The second-order valence-electron chi connectivity index (χ2n) is 6.97. The number of nitriles is 1. The molecule has 0 spiro atoms. The number of benzene rings is 1. The van der Waals surface area contributed by atoms with Crippen LogP contribution in [0.25, 0.3) is 0 Å². The Morgan fingerprint density at radius 1 is 1.31 bits per heavy atom. The number of hydrogen-bond acceptors (Lipinski definition) is 4. The molecule has 0 saturated carbocycles. The lowest BCUT2D eigenvalue weighted by molar-refractivity contribution is 0.366. The predicted octanol–water partition coefficient (Wildman–Crippen LogP) is 3.23. The van der Waals surface area contributed by atoms with Crippen molar-refractivity contribution in [2.45, 2.75) is 39.7 Å². The number of nitrogens with two attached hydrogens (primary N) is 1. The molecule has 0 fully saturated rings. The van der Waals surface area contributed by atoms with Gasteiger partial charge in [-0.15, -0.1) is 0 Å².